The van der Waals surface area contributed by atoms with Gasteiger partial charge in [-0.1, -0.05) is 0 Å². The number of urea groups is 1. The molecule has 0 aliphatic carbocycles. The number of hydrogen-bond donors (Lipinski definition) is 3. The monoisotopic (exact) mass is 256 g/mol. The first kappa shape index (κ1) is 13.7. The van der Waals surface area contributed by atoms with Crippen LogP contribution in [0, 0.1) is 0 Å². The maximum absolute atomic E-state index is 11.5. The zero-order chi connectivity index (χ0) is 13.7. The molecule has 0 spiro atoms. The highest BCUT2D eigenvalue weighted by Crippen LogP contribution is 2.08. The lowest BCUT2D eigenvalue weighted by Crippen LogP contribution is -2.43. The average Bonchev–Trinajstić information content (AvgIpc) is 2.30. The highest BCUT2D eigenvalue weighted by atomic mass is 16.5. The molecule has 8 heteroatoms. The molecule has 3 amide bonds. The molecule has 4 N–H and O–H groups in total. The maximum Gasteiger partial charge on any atom is 0.318 e. The van der Waals surface area contributed by atoms with E-state index in [1.165, 1.54) is 6.92 Å². The molecular weight excluding hydrogens is 244 g/mol. The van der Waals surface area contributed by atoms with Crippen LogP contribution in [-0.2, 0) is 11.4 Å². The number of rotatable bonds is 4. The second-order valence-corrected chi connectivity index (χ2v) is 3.35. The van der Waals surface area contributed by atoms with Crippen LogP contribution in [0.25, 0.3) is 0 Å². The Bertz CT molecular complexity index is 509. The Morgan fingerprint density at radius 3 is 2.78 bits per heavy atom. The summed E-state index contributed by atoms with van der Waals surface area (Å²) in [6.07, 6.45) is -0.123. The fourth-order valence-corrected chi connectivity index (χ4v) is 1.07. The molecule has 1 aromatic rings. The van der Waals surface area contributed by atoms with Gasteiger partial charge < -0.3 is 20.0 Å². The van der Waals surface area contributed by atoms with E-state index >= 15 is 0 Å². The van der Waals surface area contributed by atoms with Gasteiger partial charge in [-0.2, -0.15) is 0 Å². The summed E-state index contributed by atoms with van der Waals surface area (Å²) in [7, 11) is 0. The normalized spacial score (nSPS) is 11.7. The predicted octanol–water partition coefficient (Wildman–Crippen LogP) is -0.906. The number of imide groups is 1. The summed E-state index contributed by atoms with van der Waals surface area (Å²) < 4.78 is 9.85. The molecule has 1 rings (SSSR count). The van der Waals surface area contributed by atoms with E-state index in [4.69, 9.17) is 20.0 Å². The molecule has 1 aromatic heterocycles. The van der Waals surface area contributed by atoms with Gasteiger partial charge in [0, 0.05) is 6.07 Å². The van der Waals surface area contributed by atoms with Crippen LogP contribution in [0.1, 0.15) is 12.7 Å². The molecule has 18 heavy (non-hydrogen) atoms. The molecule has 0 radical (unpaired) electrons. The lowest BCUT2D eigenvalue weighted by atomic mass is 10.3. The number of aliphatic hydroxyl groups excluding tert-OH is 1. The minimum Gasteiger partial charge on any atom is -0.474 e. The Hall–Kier alpha value is -2.35. The van der Waals surface area contributed by atoms with Gasteiger partial charge in [-0.15, -0.1) is 0 Å². The Morgan fingerprint density at radius 2 is 2.28 bits per heavy atom. The topological polar surface area (TPSA) is 132 Å². The van der Waals surface area contributed by atoms with Crippen molar-refractivity contribution in [1.82, 2.24) is 5.32 Å². The van der Waals surface area contributed by atoms with Gasteiger partial charge in [0.05, 0.1) is 0 Å². The number of amides is 3. The zero-order valence-corrected chi connectivity index (χ0v) is 9.50. The van der Waals surface area contributed by atoms with Gasteiger partial charge in [0.15, 0.2) is 6.10 Å². The van der Waals surface area contributed by atoms with Gasteiger partial charge in [-0.25, -0.2) is 4.79 Å². The van der Waals surface area contributed by atoms with E-state index in [1.807, 2.05) is 5.32 Å². The van der Waals surface area contributed by atoms with Crippen molar-refractivity contribution in [3.8, 4) is 5.75 Å². The van der Waals surface area contributed by atoms with Crippen LogP contribution in [0.3, 0.4) is 0 Å². The maximum atomic E-state index is 11.5. The number of carbonyl (C=O) groups is 2. The third-order valence-electron chi connectivity index (χ3n) is 1.93. The SMILES string of the molecule is CC(Oc1coc(CO)cc1=O)C(=O)NC(N)=O. The van der Waals surface area contributed by atoms with Crippen molar-refractivity contribution < 1.29 is 23.8 Å². The summed E-state index contributed by atoms with van der Waals surface area (Å²) in [5, 5.41) is 10.5. The molecule has 98 valence electrons. The number of carbonyl (C=O) groups excluding carboxylic acids is 2. The van der Waals surface area contributed by atoms with E-state index in [0.717, 1.165) is 12.3 Å². The van der Waals surface area contributed by atoms with Crippen LogP contribution in [0.5, 0.6) is 5.75 Å². The Kier molecular flexibility index (Phi) is 4.44. The van der Waals surface area contributed by atoms with Gasteiger partial charge in [0.2, 0.25) is 11.2 Å². The highest BCUT2D eigenvalue weighted by Gasteiger charge is 2.17. The molecule has 0 saturated heterocycles. The molecule has 0 aliphatic heterocycles. The Balaban J connectivity index is 2.76. The fraction of sp³-hybridized carbons (Fsp3) is 0.300. The molecule has 0 saturated carbocycles. The molecule has 0 aromatic carbocycles. The molecule has 0 aliphatic rings. The van der Waals surface area contributed by atoms with Gasteiger partial charge in [-0.05, 0) is 6.92 Å². The van der Waals surface area contributed by atoms with Crippen molar-refractivity contribution >= 4 is 11.9 Å². The molecule has 1 atom stereocenters. The average molecular weight is 256 g/mol. The van der Waals surface area contributed by atoms with Crippen LogP contribution in [-0.4, -0.2) is 23.1 Å². The van der Waals surface area contributed by atoms with Crippen molar-refractivity contribution in [2.24, 2.45) is 5.73 Å². The van der Waals surface area contributed by atoms with E-state index in [2.05, 4.69) is 0 Å². The minimum atomic E-state index is -1.10. The summed E-state index contributed by atoms with van der Waals surface area (Å²) in [4.78, 5) is 33.2. The standard InChI is InChI=1S/C10H12N2O6/c1-5(9(15)12-10(11)16)18-8-4-17-6(3-13)2-7(8)14/h2,4-5,13H,3H2,1H3,(H3,11,12,15,16). The second-order valence-electron chi connectivity index (χ2n) is 3.35. The number of aliphatic hydroxyl groups is 1. The van der Waals surface area contributed by atoms with Crippen molar-refractivity contribution in [3.63, 3.8) is 0 Å². The number of ether oxygens (including phenoxy) is 1. The van der Waals surface area contributed by atoms with Crippen molar-refractivity contribution in [1.29, 1.82) is 0 Å². The molecular formula is C10H12N2O6. The van der Waals surface area contributed by atoms with Crippen LogP contribution in [0.2, 0.25) is 0 Å². The van der Waals surface area contributed by atoms with Crippen LogP contribution in [0.4, 0.5) is 4.79 Å². The number of primary amides is 1. The lowest BCUT2D eigenvalue weighted by molar-refractivity contribution is -0.126. The first-order valence-electron chi connectivity index (χ1n) is 4.93. The van der Waals surface area contributed by atoms with Crippen molar-refractivity contribution in [2.45, 2.75) is 19.6 Å². The Labute approximate surface area is 101 Å². The van der Waals surface area contributed by atoms with E-state index < -0.39 is 30.1 Å². The third-order valence-corrected chi connectivity index (χ3v) is 1.93. The predicted molar refractivity (Wildman–Crippen MR) is 58.7 cm³/mol. The summed E-state index contributed by atoms with van der Waals surface area (Å²) in [5.74, 6) is -0.922. The number of nitrogens with two attached hydrogens (primary N) is 1. The first-order chi connectivity index (χ1) is 8.43. The highest BCUT2D eigenvalue weighted by molar-refractivity contribution is 5.95. The van der Waals surface area contributed by atoms with E-state index in [0.29, 0.717) is 0 Å². The molecule has 8 nitrogen and oxygen atoms in total. The van der Waals surface area contributed by atoms with Crippen molar-refractivity contribution in [3.05, 3.63) is 28.3 Å². The largest absolute Gasteiger partial charge is 0.474 e. The van der Waals surface area contributed by atoms with E-state index in [1.54, 1.807) is 0 Å². The molecule has 1 heterocycles. The third kappa shape index (κ3) is 3.59. The van der Waals surface area contributed by atoms with Crippen molar-refractivity contribution in [2.75, 3.05) is 0 Å². The van der Waals surface area contributed by atoms with Crippen LogP contribution < -0.4 is 21.2 Å². The van der Waals surface area contributed by atoms with Gasteiger partial charge in [0.25, 0.3) is 5.91 Å². The van der Waals surface area contributed by atoms with Gasteiger partial charge >= 0.3 is 6.03 Å². The zero-order valence-electron chi connectivity index (χ0n) is 9.50. The van der Waals surface area contributed by atoms with E-state index in [-0.39, 0.29) is 11.5 Å². The Morgan fingerprint density at radius 1 is 1.61 bits per heavy atom. The summed E-state index contributed by atoms with van der Waals surface area (Å²) in [6, 6.07) is 0.0201. The quantitative estimate of drug-likeness (QED) is 0.639. The van der Waals surface area contributed by atoms with Gasteiger partial charge in [0.1, 0.15) is 18.6 Å². The number of hydrogen-bond acceptors (Lipinski definition) is 6. The smallest absolute Gasteiger partial charge is 0.318 e. The fourth-order valence-electron chi connectivity index (χ4n) is 1.07. The minimum absolute atomic E-state index is 0.0709. The summed E-state index contributed by atoms with van der Waals surface area (Å²) in [6.45, 7) is 0.908. The van der Waals surface area contributed by atoms with Crippen LogP contribution in [0.15, 0.2) is 21.5 Å². The van der Waals surface area contributed by atoms with E-state index in [9.17, 15) is 14.4 Å². The second kappa shape index (κ2) is 5.82. The van der Waals surface area contributed by atoms with Crippen LogP contribution >= 0.6 is 0 Å². The molecule has 1 unspecified atom stereocenters. The molecule has 0 bridgehead atoms. The number of nitrogens with one attached hydrogen (secondary N) is 1. The lowest BCUT2D eigenvalue weighted by Gasteiger charge is -2.12. The van der Waals surface area contributed by atoms with Gasteiger partial charge in [-0.3, -0.25) is 14.9 Å². The molecule has 0 fully saturated rings. The first-order valence-corrected chi connectivity index (χ1v) is 4.93. The summed E-state index contributed by atoms with van der Waals surface area (Å²) >= 11 is 0. The summed E-state index contributed by atoms with van der Waals surface area (Å²) in [5.41, 5.74) is 4.21.